The van der Waals surface area contributed by atoms with Gasteiger partial charge in [0.1, 0.15) is 5.75 Å². The van der Waals surface area contributed by atoms with E-state index in [0.29, 0.717) is 0 Å². The van der Waals surface area contributed by atoms with Crippen molar-refractivity contribution in [1.82, 2.24) is 14.8 Å². The third-order valence-electron chi connectivity index (χ3n) is 3.81. The molecule has 3 aromatic rings. The zero-order valence-corrected chi connectivity index (χ0v) is 15.3. The van der Waals surface area contributed by atoms with Crippen LogP contribution in [-0.2, 0) is 7.05 Å². The summed E-state index contributed by atoms with van der Waals surface area (Å²) >= 11 is 7.92. The highest BCUT2D eigenvalue weighted by atomic mass is 35.5. The van der Waals surface area contributed by atoms with Gasteiger partial charge in [-0.2, -0.15) is 0 Å². The Hall–Kier alpha value is -1.98. The zero-order valence-electron chi connectivity index (χ0n) is 13.7. The molecule has 6 heteroatoms. The Balaban J connectivity index is 1.89. The summed E-state index contributed by atoms with van der Waals surface area (Å²) in [5.41, 5.74) is 2.01. The minimum Gasteiger partial charge on any atom is -0.496 e. The van der Waals surface area contributed by atoms with Crippen LogP contribution in [0.25, 0.3) is 11.4 Å². The van der Waals surface area contributed by atoms with E-state index in [9.17, 15) is 0 Å². The maximum Gasteiger partial charge on any atom is 0.191 e. The van der Waals surface area contributed by atoms with Gasteiger partial charge in [-0.15, -0.1) is 10.2 Å². The average Bonchev–Trinajstić information content (AvgIpc) is 2.95. The van der Waals surface area contributed by atoms with Crippen LogP contribution in [0.4, 0.5) is 0 Å². The predicted octanol–water partition coefficient (Wildman–Crippen LogP) is 5.00. The lowest BCUT2D eigenvalue weighted by Gasteiger charge is -2.13. The van der Waals surface area contributed by atoms with Crippen LogP contribution < -0.4 is 4.74 Å². The van der Waals surface area contributed by atoms with Gasteiger partial charge in [0.15, 0.2) is 11.0 Å². The molecular formula is C18H18ClN3OS. The molecule has 3 rings (SSSR count). The Labute approximate surface area is 150 Å². The van der Waals surface area contributed by atoms with Crippen molar-refractivity contribution in [3.63, 3.8) is 0 Å². The highest BCUT2D eigenvalue weighted by Gasteiger charge is 2.18. The quantitative estimate of drug-likeness (QED) is 0.601. The third kappa shape index (κ3) is 3.28. The number of ether oxygens (including phenoxy) is 1. The lowest BCUT2D eigenvalue weighted by Crippen LogP contribution is -1.98. The molecule has 0 N–H and O–H groups in total. The normalized spacial score (nSPS) is 12.2. The summed E-state index contributed by atoms with van der Waals surface area (Å²) in [7, 11) is 3.62. The molecule has 0 amide bonds. The van der Waals surface area contributed by atoms with Gasteiger partial charge in [0.05, 0.1) is 12.7 Å². The number of methoxy groups -OCH3 is 1. The SMILES string of the molecule is COc1ccccc1-c1nnc(S[C@@H](C)c2ccccc2Cl)n1C. The lowest BCUT2D eigenvalue weighted by molar-refractivity contribution is 0.416. The monoisotopic (exact) mass is 359 g/mol. The number of benzene rings is 2. The molecule has 0 unspecified atom stereocenters. The number of hydrogen-bond donors (Lipinski definition) is 0. The van der Waals surface area contributed by atoms with Gasteiger partial charge in [-0.1, -0.05) is 53.7 Å². The smallest absolute Gasteiger partial charge is 0.191 e. The van der Waals surface area contributed by atoms with E-state index < -0.39 is 0 Å². The molecule has 2 aromatic carbocycles. The Morgan fingerprint density at radius 3 is 2.54 bits per heavy atom. The first-order valence-corrected chi connectivity index (χ1v) is 8.81. The van der Waals surface area contributed by atoms with Gasteiger partial charge in [0, 0.05) is 17.3 Å². The minimum atomic E-state index is 0.173. The van der Waals surface area contributed by atoms with E-state index in [4.69, 9.17) is 16.3 Å². The van der Waals surface area contributed by atoms with Crippen LogP contribution >= 0.6 is 23.4 Å². The van der Waals surface area contributed by atoms with Crippen LogP contribution in [0.1, 0.15) is 17.7 Å². The summed E-state index contributed by atoms with van der Waals surface area (Å²) in [5.74, 6) is 1.56. The number of halogens is 1. The van der Waals surface area contributed by atoms with Crippen molar-refractivity contribution >= 4 is 23.4 Å². The van der Waals surface area contributed by atoms with Crippen molar-refractivity contribution in [3.05, 3.63) is 59.1 Å². The second-order valence-electron chi connectivity index (χ2n) is 5.35. The molecule has 124 valence electrons. The fraction of sp³-hybridized carbons (Fsp3) is 0.222. The van der Waals surface area contributed by atoms with Gasteiger partial charge in [-0.3, -0.25) is 0 Å². The maximum absolute atomic E-state index is 6.29. The van der Waals surface area contributed by atoms with Gasteiger partial charge in [-0.05, 0) is 30.7 Å². The largest absolute Gasteiger partial charge is 0.496 e. The Kier molecular flexibility index (Phi) is 5.11. The first-order valence-electron chi connectivity index (χ1n) is 7.55. The Bertz CT molecular complexity index is 850. The first kappa shape index (κ1) is 16.9. The molecule has 0 aliphatic rings. The van der Waals surface area contributed by atoms with Crippen molar-refractivity contribution < 1.29 is 4.74 Å². The summed E-state index contributed by atoms with van der Waals surface area (Å²) in [6.45, 7) is 2.11. The van der Waals surface area contributed by atoms with Crippen LogP contribution in [0.15, 0.2) is 53.7 Å². The zero-order chi connectivity index (χ0) is 17.1. The van der Waals surface area contributed by atoms with E-state index in [1.807, 2.05) is 60.1 Å². The van der Waals surface area contributed by atoms with Crippen LogP contribution in [0.5, 0.6) is 5.75 Å². The molecule has 0 spiro atoms. The molecule has 0 saturated carbocycles. The molecule has 1 atom stereocenters. The van der Waals surface area contributed by atoms with Crippen molar-refractivity contribution in [1.29, 1.82) is 0 Å². The summed E-state index contributed by atoms with van der Waals surface area (Å²) in [4.78, 5) is 0. The van der Waals surface area contributed by atoms with E-state index in [-0.39, 0.29) is 5.25 Å². The highest BCUT2D eigenvalue weighted by Crippen LogP contribution is 2.38. The maximum atomic E-state index is 6.29. The van der Waals surface area contributed by atoms with E-state index >= 15 is 0 Å². The van der Waals surface area contributed by atoms with E-state index in [1.54, 1.807) is 18.9 Å². The minimum absolute atomic E-state index is 0.173. The molecule has 0 bridgehead atoms. The molecule has 0 fully saturated rings. The molecule has 4 nitrogen and oxygen atoms in total. The Morgan fingerprint density at radius 1 is 1.08 bits per heavy atom. The lowest BCUT2D eigenvalue weighted by atomic mass is 10.2. The van der Waals surface area contributed by atoms with E-state index in [2.05, 4.69) is 17.1 Å². The number of para-hydroxylation sites is 1. The highest BCUT2D eigenvalue weighted by molar-refractivity contribution is 7.99. The molecule has 24 heavy (non-hydrogen) atoms. The summed E-state index contributed by atoms with van der Waals surface area (Å²) in [5, 5.41) is 10.5. The number of hydrogen-bond acceptors (Lipinski definition) is 4. The van der Waals surface area contributed by atoms with Crippen molar-refractivity contribution in [2.75, 3.05) is 7.11 Å². The molecular weight excluding hydrogens is 342 g/mol. The average molecular weight is 360 g/mol. The van der Waals surface area contributed by atoms with E-state index in [0.717, 1.165) is 32.9 Å². The number of aromatic nitrogens is 3. The van der Waals surface area contributed by atoms with Gasteiger partial charge in [0.25, 0.3) is 0 Å². The number of rotatable bonds is 5. The van der Waals surface area contributed by atoms with Crippen molar-refractivity contribution in [2.24, 2.45) is 7.05 Å². The Morgan fingerprint density at radius 2 is 1.79 bits per heavy atom. The fourth-order valence-corrected chi connectivity index (χ4v) is 3.85. The molecule has 0 aliphatic heterocycles. The van der Waals surface area contributed by atoms with Crippen LogP contribution in [0.3, 0.4) is 0 Å². The molecule has 0 radical (unpaired) electrons. The third-order valence-corrected chi connectivity index (χ3v) is 5.33. The van der Waals surface area contributed by atoms with Gasteiger partial charge >= 0.3 is 0 Å². The molecule has 1 aromatic heterocycles. The summed E-state index contributed by atoms with van der Waals surface area (Å²) in [6, 6.07) is 15.7. The van der Waals surface area contributed by atoms with E-state index in [1.165, 1.54) is 0 Å². The topological polar surface area (TPSA) is 39.9 Å². The molecule has 0 saturated heterocycles. The van der Waals surface area contributed by atoms with Gasteiger partial charge < -0.3 is 9.30 Å². The standard InChI is InChI=1S/C18H18ClN3OS/c1-12(13-8-4-6-10-15(13)19)24-18-21-20-17(22(18)2)14-9-5-7-11-16(14)23-3/h4-12H,1-3H3/t12-/m0/s1. The first-order chi connectivity index (χ1) is 11.6. The van der Waals surface area contributed by atoms with Crippen LogP contribution in [-0.4, -0.2) is 21.9 Å². The second kappa shape index (κ2) is 7.28. The predicted molar refractivity (Wildman–Crippen MR) is 98.7 cm³/mol. The van der Waals surface area contributed by atoms with Crippen molar-refractivity contribution in [3.8, 4) is 17.1 Å². The van der Waals surface area contributed by atoms with Gasteiger partial charge in [0.2, 0.25) is 0 Å². The second-order valence-corrected chi connectivity index (χ2v) is 7.06. The van der Waals surface area contributed by atoms with Gasteiger partial charge in [-0.25, -0.2) is 0 Å². The fourth-order valence-electron chi connectivity index (χ4n) is 2.51. The number of thioether (sulfide) groups is 1. The summed E-state index contributed by atoms with van der Waals surface area (Å²) < 4.78 is 7.41. The summed E-state index contributed by atoms with van der Waals surface area (Å²) in [6.07, 6.45) is 0. The van der Waals surface area contributed by atoms with Crippen LogP contribution in [0, 0.1) is 0 Å². The van der Waals surface area contributed by atoms with Crippen molar-refractivity contribution in [2.45, 2.75) is 17.3 Å². The number of nitrogens with zero attached hydrogens (tertiary/aromatic N) is 3. The molecule has 0 aliphatic carbocycles. The molecule has 1 heterocycles. The van der Waals surface area contributed by atoms with Crippen LogP contribution in [0.2, 0.25) is 5.02 Å².